The van der Waals surface area contributed by atoms with Crippen LogP contribution in [0.2, 0.25) is 0 Å². The fraction of sp³-hybridized carbons (Fsp3) is 0.364. The van der Waals surface area contributed by atoms with E-state index in [1.54, 1.807) is 14.2 Å². The maximum absolute atomic E-state index is 5.19. The number of rotatable bonds is 8. The number of aliphatic imine (C=N–C) groups is 1. The molecule has 0 saturated carbocycles. The minimum Gasteiger partial charge on any atom is -0.497 e. The molecule has 0 bridgehead atoms. The summed E-state index contributed by atoms with van der Waals surface area (Å²) < 4.78 is 7.30. The van der Waals surface area contributed by atoms with Gasteiger partial charge in [-0.1, -0.05) is 18.2 Å². The van der Waals surface area contributed by atoms with Gasteiger partial charge in [-0.15, -0.1) is 24.0 Å². The Hall–Kier alpha value is -2.29. The molecule has 29 heavy (non-hydrogen) atoms. The minimum atomic E-state index is 0. The predicted octanol–water partition coefficient (Wildman–Crippen LogP) is 3.96. The van der Waals surface area contributed by atoms with E-state index in [1.807, 2.05) is 24.3 Å². The highest BCUT2D eigenvalue weighted by Crippen LogP contribution is 2.13. The van der Waals surface area contributed by atoms with Gasteiger partial charge in [0.15, 0.2) is 5.96 Å². The largest absolute Gasteiger partial charge is 0.497 e. The number of benzene rings is 1. The lowest BCUT2D eigenvalue weighted by atomic mass is 10.1. The van der Waals surface area contributed by atoms with E-state index in [-0.39, 0.29) is 24.0 Å². The van der Waals surface area contributed by atoms with Crippen LogP contribution >= 0.6 is 24.0 Å². The molecule has 0 aliphatic carbocycles. The zero-order valence-corrected chi connectivity index (χ0v) is 19.6. The second-order valence-corrected chi connectivity index (χ2v) is 6.79. The number of methoxy groups -OCH3 is 1. The summed E-state index contributed by atoms with van der Waals surface area (Å²) in [5, 5.41) is 6.71. The standard InChI is InChI=1S/C22H29N5O.HI/c1-17-7-6-9-21-26-19(16-27(17)21)15-25-22(23-2)24-14-5-4-8-18-10-12-20(28-3)13-11-18;/h6-7,9-13,16H,4-5,8,14-15H2,1-3H3,(H2,23,24,25);1H. The molecule has 0 atom stereocenters. The summed E-state index contributed by atoms with van der Waals surface area (Å²) >= 11 is 0. The lowest BCUT2D eigenvalue weighted by molar-refractivity contribution is 0.414. The van der Waals surface area contributed by atoms with Gasteiger partial charge in [-0.25, -0.2) is 4.98 Å². The third-order valence-corrected chi connectivity index (χ3v) is 4.75. The van der Waals surface area contributed by atoms with Gasteiger partial charge < -0.3 is 19.8 Å². The van der Waals surface area contributed by atoms with Crippen LogP contribution in [0.3, 0.4) is 0 Å². The number of halogens is 1. The monoisotopic (exact) mass is 507 g/mol. The Morgan fingerprint density at radius 2 is 1.90 bits per heavy atom. The lowest BCUT2D eigenvalue weighted by Gasteiger charge is -2.11. The maximum Gasteiger partial charge on any atom is 0.191 e. The van der Waals surface area contributed by atoms with Gasteiger partial charge >= 0.3 is 0 Å². The van der Waals surface area contributed by atoms with Gasteiger partial charge in [-0.05, 0) is 56.0 Å². The molecule has 2 heterocycles. The van der Waals surface area contributed by atoms with Crippen molar-refractivity contribution >= 4 is 35.6 Å². The number of aromatic nitrogens is 2. The topological polar surface area (TPSA) is 63.0 Å². The molecular weight excluding hydrogens is 477 g/mol. The molecule has 0 unspecified atom stereocenters. The number of ether oxygens (including phenoxy) is 1. The molecule has 3 aromatic rings. The van der Waals surface area contributed by atoms with Crippen LogP contribution in [0.1, 0.15) is 29.8 Å². The van der Waals surface area contributed by atoms with Crippen LogP contribution in [-0.2, 0) is 13.0 Å². The van der Waals surface area contributed by atoms with Crippen LogP contribution in [0.15, 0.2) is 53.7 Å². The van der Waals surface area contributed by atoms with Crippen LogP contribution in [0.4, 0.5) is 0 Å². The normalized spacial score (nSPS) is 11.2. The SMILES string of the molecule is CN=C(NCCCCc1ccc(OC)cc1)NCc1cn2c(C)cccc2n1.I. The van der Waals surface area contributed by atoms with Crippen molar-refractivity contribution in [2.45, 2.75) is 32.7 Å². The first-order valence-corrected chi connectivity index (χ1v) is 9.70. The molecule has 6 nitrogen and oxygen atoms in total. The van der Waals surface area contributed by atoms with Crippen molar-refractivity contribution in [3.8, 4) is 5.75 Å². The van der Waals surface area contributed by atoms with Gasteiger partial charge in [0.1, 0.15) is 11.4 Å². The van der Waals surface area contributed by atoms with Crippen LogP contribution in [0.5, 0.6) is 5.75 Å². The summed E-state index contributed by atoms with van der Waals surface area (Å²) in [5.74, 6) is 1.71. The summed E-state index contributed by atoms with van der Waals surface area (Å²) in [5.41, 5.74) is 4.48. The van der Waals surface area contributed by atoms with E-state index >= 15 is 0 Å². The Labute approximate surface area is 189 Å². The van der Waals surface area contributed by atoms with E-state index in [9.17, 15) is 0 Å². The second-order valence-electron chi connectivity index (χ2n) is 6.79. The van der Waals surface area contributed by atoms with Crippen molar-refractivity contribution in [2.75, 3.05) is 20.7 Å². The van der Waals surface area contributed by atoms with Gasteiger partial charge in [0.25, 0.3) is 0 Å². The summed E-state index contributed by atoms with van der Waals surface area (Å²) in [6, 6.07) is 14.4. The number of pyridine rings is 1. The first kappa shape index (κ1) is 23.0. The van der Waals surface area contributed by atoms with Crippen molar-refractivity contribution in [3.63, 3.8) is 0 Å². The summed E-state index contributed by atoms with van der Waals surface area (Å²) in [6.45, 7) is 3.62. The Bertz CT molecular complexity index is 921. The third kappa shape index (κ3) is 6.62. The quantitative estimate of drug-likeness (QED) is 0.210. The van der Waals surface area contributed by atoms with E-state index in [2.05, 4.69) is 56.3 Å². The van der Waals surface area contributed by atoms with Gasteiger partial charge in [-0.3, -0.25) is 4.99 Å². The average molecular weight is 507 g/mol. The Morgan fingerprint density at radius 3 is 2.59 bits per heavy atom. The first-order chi connectivity index (χ1) is 13.7. The molecule has 0 amide bonds. The number of imidazole rings is 1. The van der Waals surface area contributed by atoms with E-state index < -0.39 is 0 Å². The lowest BCUT2D eigenvalue weighted by Crippen LogP contribution is -2.37. The minimum absolute atomic E-state index is 0. The van der Waals surface area contributed by atoms with Gasteiger partial charge in [-0.2, -0.15) is 0 Å². The van der Waals surface area contributed by atoms with Crippen LogP contribution in [0, 0.1) is 6.92 Å². The van der Waals surface area contributed by atoms with Gasteiger partial charge in [0.2, 0.25) is 0 Å². The van der Waals surface area contributed by atoms with Crippen molar-refractivity contribution in [1.29, 1.82) is 0 Å². The number of hydrogen-bond donors (Lipinski definition) is 2. The van der Waals surface area contributed by atoms with Crippen molar-refractivity contribution in [3.05, 3.63) is 65.6 Å². The first-order valence-electron chi connectivity index (χ1n) is 9.70. The highest BCUT2D eigenvalue weighted by Gasteiger charge is 2.04. The molecule has 0 saturated heterocycles. The van der Waals surface area contributed by atoms with E-state index in [0.717, 1.165) is 48.9 Å². The molecule has 0 radical (unpaired) electrons. The third-order valence-electron chi connectivity index (χ3n) is 4.75. The number of aryl methyl sites for hydroxylation is 2. The van der Waals surface area contributed by atoms with Gasteiger partial charge in [0, 0.05) is 25.5 Å². The fourth-order valence-corrected chi connectivity index (χ4v) is 3.13. The smallest absolute Gasteiger partial charge is 0.191 e. The molecular formula is C22H30IN5O. The van der Waals surface area contributed by atoms with E-state index in [0.29, 0.717) is 6.54 Å². The molecule has 3 rings (SSSR count). The highest BCUT2D eigenvalue weighted by atomic mass is 127. The molecule has 0 aliphatic heterocycles. The Kier molecular flexibility index (Phi) is 9.24. The number of nitrogens with zero attached hydrogens (tertiary/aromatic N) is 3. The number of fused-ring (bicyclic) bond motifs is 1. The summed E-state index contributed by atoms with van der Waals surface area (Å²) in [4.78, 5) is 8.94. The second kappa shape index (κ2) is 11.6. The number of unbranched alkanes of at least 4 members (excludes halogenated alkanes) is 1. The van der Waals surface area contributed by atoms with Crippen molar-refractivity contribution in [1.82, 2.24) is 20.0 Å². The van der Waals surface area contributed by atoms with E-state index in [1.165, 1.54) is 11.3 Å². The molecule has 156 valence electrons. The Morgan fingerprint density at radius 1 is 1.10 bits per heavy atom. The molecule has 2 aromatic heterocycles. The molecule has 1 aromatic carbocycles. The molecule has 0 spiro atoms. The average Bonchev–Trinajstić information content (AvgIpc) is 3.15. The molecule has 0 aliphatic rings. The van der Waals surface area contributed by atoms with Crippen LogP contribution in [0.25, 0.3) is 5.65 Å². The summed E-state index contributed by atoms with van der Waals surface area (Å²) in [7, 11) is 3.48. The zero-order valence-electron chi connectivity index (χ0n) is 17.3. The van der Waals surface area contributed by atoms with Crippen LogP contribution in [-0.4, -0.2) is 36.0 Å². The van der Waals surface area contributed by atoms with Gasteiger partial charge in [0.05, 0.1) is 19.3 Å². The van der Waals surface area contributed by atoms with Crippen molar-refractivity contribution < 1.29 is 4.74 Å². The maximum atomic E-state index is 5.19. The summed E-state index contributed by atoms with van der Waals surface area (Å²) in [6.07, 6.45) is 5.35. The van der Waals surface area contributed by atoms with Crippen LogP contribution < -0.4 is 15.4 Å². The zero-order chi connectivity index (χ0) is 19.8. The molecule has 2 N–H and O–H groups in total. The molecule has 7 heteroatoms. The number of nitrogens with one attached hydrogen (secondary N) is 2. The van der Waals surface area contributed by atoms with E-state index in [4.69, 9.17) is 4.74 Å². The predicted molar refractivity (Wildman–Crippen MR) is 129 cm³/mol. The molecule has 0 fully saturated rings. The number of guanidine groups is 1. The fourth-order valence-electron chi connectivity index (χ4n) is 3.13. The number of hydrogen-bond acceptors (Lipinski definition) is 3. The Balaban J connectivity index is 0.00000300. The van der Waals surface area contributed by atoms with Crippen molar-refractivity contribution in [2.24, 2.45) is 4.99 Å². The highest BCUT2D eigenvalue weighted by molar-refractivity contribution is 14.0.